The molecule has 29 heavy (non-hydrogen) atoms. The number of nitrogens with one attached hydrogen (secondary N) is 2. The maximum Gasteiger partial charge on any atom is 0.253 e. The van der Waals surface area contributed by atoms with Crippen molar-refractivity contribution in [3.63, 3.8) is 0 Å². The van der Waals surface area contributed by atoms with Gasteiger partial charge in [-0.3, -0.25) is 9.59 Å². The highest BCUT2D eigenvalue weighted by atomic mass is 16.5. The van der Waals surface area contributed by atoms with Crippen molar-refractivity contribution in [1.29, 1.82) is 0 Å². The molecule has 0 radical (unpaired) electrons. The Morgan fingerprint density at radius 2 is 1.69 bits per heavy atom. The molecule has 2 amide bonds. The lowest BCUT2D eigenvalue weighted by Gasteiger charge is -2.19. The lowest BCUT2D eigenvalue weighted by molar-refractivity contribution is -0.114. The predicted molar refractivity (Wildman–Crippen MR) is 118 cm³/mol. The number of hydrogen-bond acceptors (Lipinski definition) is 4. The standard InChI is InChI=1S/C23H31N3O3/c1-4-7-14-29-21-13-9-11-19(16-21)24-17-22(27)25-20-12-8-10-18(15-20)23(28)26(5-2)6-3/h8-13,15-16,24H,4-7,14,17H2,1-3H3,(H,25,27). The van der Waals surface area contributed by atoms with Crippen LogP contribution in [-0.4, -0.2) is 43.0 Å². The van der Waals surface area contributed by atoms with E-state index in [9.17, 15) is 9.59 Å². The molecule has 0 aromatic heterocycles. The fraction of sp³-hybridized carbons (Fsp3) is 0.391. The summed E-state index contributed by atoms with van der Waals surface area (Å²) in [6.07, 6.45) is 2.09. The molecule has 0 atom stereocenters. The average molecular weight is 398 g/mol. The summed E-state index contributed by atoms with van der Waals surface area (Å²) < 4.78 is 5.69. The van der Waals surface area contributed by atoms with E-state index in [0.29, 0.717) is 30.9 Å². The second kappa shape index (κ2) is 11.7. The summed E-state index contributed by atoms with van der Waals surface area (Å²) in [5, 5.41) is 5.94. The van der Waals surface area contributed by atoms with Crippen LogP contribution in [0.2, 0.25) is 0 Å². The molecule has 0 spiro atoms. The third-order valence-electron chi connectivity index (χ3n) is 4.50. The Balaban J connectivity index is 1.90. The van der Waals surface area contributed by atoms with Gasteiger partial charge in [0.15, 0.2) is 0 Å². The predicted octanol–water partition coefficient (Wildman–Crippen LogP) is 4.40. The van der Waals surface area contributed by atoms with E-state index in [0.717, 1.165) is 24.3 Å². The minimum atomic E-state index is -0.185. The zero-order valence-corrected chi connectivity index (χ0v) is 17.5. The highest BCUT2D eigenvalue weighted by Gasteiger charge is 2.13. The largest absolute Gasteiger partial charge is 0.494 e. The number of hydrogen-bond donors (Lipinski definition) is 2. The number of unbranched alkanes of at least 4 members (excludes halogenated alkanes) is 1. The van der Waals surface area contributed by atoms with Gasteiger partial charge in [0.2, 0.25) is 5.91 Å². The molecule has 2 aromatic carbocycles. The van der Waals surface area contributed by atoms with Gasteiger partial charge < -0.3 is 20.3 Å². The molecule has 6 nitrogen and oxygen atoms in total. The third-order valence-corrected chi connectivity index (χ3v) is 4.50. The monoisotopic (exact) mass is 397 g/mol. The first-order chi connectivity index (χ1) is 14.1. The van der Waals surface area contributed by atoms with E-state index in [4.69, 9.17) is 4.74 Å². The van der Waals surface area contributed by atoms with Crippen molar-refractivity contribution in [3.05, 3.63) is 54.1 Å². The first-order valence-corrected chi connectivity index (χ1v) is 10.2. The van der Waals surface area contributed by atoms with Crippen LogP contribution in [0.1, 0.15) is 44.0 Å². The SMILES string of the molecule is CCCCOc1cccc(NCC(=O)Nc2cccc(C(=O)N(CC)CC)c2)c1. The molecule has 0 aliphatic rings. The second-order valence-corrected chi connectivity index (χ2v) is 6.69. The zero-order chi connectivity index (χ0) is 21.1. The Morgan fingerprint density at radius 1 is 0.966 bits per heavy atom. The first kappa shape index (κ1) is 22.3. The highest BCUT2D eigenvalue weighted by molar-refractivity contribution is 5.98. The van der Waals surface area contributed by atoms with Crippen molar-refractivity contribution < 1.29 is 14.3 Å². The van der Waals surface area contributed by atoms with E-state index in [1.807, 2.05) is 38.1 Å². The second-order valence-electron chi connectivity index (χ2n) is 6.69. The van der Waals surface area contributed by atoms with Crippen molar-refractivity contribution in [3.8, 4) is 5.75 Å². The Morgan fingerprint density at radius 3 is 2.41 bits per heavy atom. The lowest BCUT2D eigenvalue weighted by atomic mass is 10.1. The number of anilines is 2. The van der Waals surface area contributed by atoms with Gasteiger partial charge in [0, 0.05) is 36.1 Å². The smallest absolute Gasteiger partial charge is 0.253 e. The summed E-state index contributed by atoms with van der Waals surface area (Å²) in [6.45, 7) is 8.12. The number of ether oxygens (including phenoxy) is 1. The summed E-state index contributed by atoms with van der Waals surface area (Å²) >= 11 is 0. The average Bonchev–Trinajstić information content (AvgIpc) is 2.74. The molecule has 0 heterocycles. The van der Waals surface area contributed by atoms with Crippen LogP contribution < -0.4 is 15.4 Å². The fourth-order valence-electron chi connectivity index (χ4n) is 2.84. The van der Waals surface area contributed by atoms with Crippen LogP contribution in [0.3, 0.4) is 0 Å². The van der Waals surface area contributed by atoms with Crippen molar-refractivity contribution in [2.24, 2.45) is 0 Å². The number of rotatable bonds is 11. The van der Waals surface area contributed by atoms with Crippen LogP contribution in [0.5, 0.6) is 5.75 Å². The zero-order valence-electron chi connectivity index (χ0n) is 17.5. The Kier molecular flexibility index (Phi) is 9.02. The molecular formula is C23H31N3O3. The van der Waals surface area contributed by atoms with Crippen LogP contribution in [-0.2, 0) is 4.79 Å². The van der Waals surface area contributed by atoms with Gasteiger partial charge in [-0.25, -0.2) is 0 Å². The van der Waals surface area contributed by atoms with Gasteiger partial charge in [-0.15, -0.1) is 0 Å². The summed E-state index contributed by atoms with van der Waals surface area (Å²) in [7, 11) is 0. The fourth-order valence-corrected chi connectivity index (χ4v) is 2.84. The van der Waals surface area contributed by atoms with Gasteiger partial charge in [-0.1, -0.05) is 25.5 Å². The van der Waals surface area contributed by atoms with Crippen LogP contribution in [0.15, 0.2) is 48.5 Å². The summed E-state index contributed by atoms with van der Waals surface area (Å²) in [5.74, 6) is 0.560. The van der Waals surface area contributed by atoms with Gasteiger partial charge in [-0.05, 0) is 50.6 Å². The lowest BCUT2D eigenvalue weighted by Crippen LogP contribution is -2.30. The van der Waals surface area contributed by atoms with E-state index >= 15 is 0 Å². The molecule has 0 fully saturated rings. The summed E-state index contributed by atoms with van der Waals surface area (Å²) in [5.41, 5.74) is 1.99. The van der Waals surface area contributed by atoms with Crippen LogP contribution in [0, 0.1) is 0 Å². The summed E-state index contributed by atoms with van der Waals surface area (Å²) in [4.78, 5) is 26.5. The van der Waals surface area contributed by atoms with Gasteiger partial charge in [-0.2, -0.15) is 0 Å². The van der Waals surface area contributed by atoms with Gasteiger partial charge >= 0.3 is 0 Å². The van der Waals surface area contributed by atoms with Crippen LogP contribution in [0.25, 0.3) is 0 Å². The number of nitrogens with zero attached hydrogens (tertiary/aromatic N) is 1. The topological polar surface area (TPSA) is 70.7 Å². The Labute approximate surface area is 173 Å². The maximum absolute atomic E-state index is 12.5. The molecule has 0 unspecified atom stereocenters. The van der Waals surface area contributed by atoms with E-state index < -0.39 is 0 Å². The number of benzene rings is 2. The van der Waals surface area contributed by atoms with Crippen molar-refractivity contribution in [2.75, 3.05) is 36.9 Å². The van der Waals surface area contributed by atoms with Crippen molar-refractivity contribution in [1.82, 2.24) is 4.90 Å². The van der Waals surface area contributed by atoms with Gasteiger partial charge in [0.1, 0.15) is 5.75 Å². The van der Waals surface area contributed by atoms with E-state index in [1.54, 1.807) is 29.2 Å². The van der Waals surface area contributed by atoms with Gasteiger partial charge in [0.25, 0.3) is 5.91 Å². The minimum absolute atomic E-state index is 0.0379. The van der Waals surface area contributed by atoms with Crippen LogP contribution in [0.4, 0.5) is 11.4 Å². The summed E-state index contributed by atoms with van der Waals surface area (Å²) in [6, 6.07) is 14.6. The Hall–Kier alpha value is -3.02. The Bertz CT molecular complexity index is 803. The molecule has 0 saturated carbocycles. The van der Waals surface area contributed by atoms with Gasteiger partial charge in [0.05, 0.1) is 13.2 Å². The van der Waals surface area contributed by atoms with Crippen LogP contribution >= 0.6 is 0 Å². The number of carbonyl (C=O) groups is 2. The molecular weight excluding hydrogens is 366 g/mol. The van der Waals surface area contributed by atoms with Crippen molar-refractivity contribution >= 4 is 23.2 Å². The quantitative estimate of drug-likeness (QED) is 0.552. The van der Waals surface area contributed by atoms with E-state index in [-0.39, 0.29) is 18.4 Å². The molecule has 2 N–H and O–H groups in total. The molecule has 2 rings (SSSR count). The number of amides is 2. The normalized spacial score (nSPS) is 10.3. The first-order valence-electron chi connectivity index (χ1n) is 10.2. The van der Waals surface area contributed by atoms with E-state index in [1.165, 1.54) is 0 Å². The molecule has 6 heteroatoms. The maximum atomic E-state index is 12.5. The molecule has 0 aliphatic heterocycles. The van der Waals surface area contributed by atoms with Crippen molar-refractivity contribution in [2.45, 2.75) is 33.6 Å². The van der Waals surface area contributed by atoms with E-state index in [2.05, 4.69) is 17.6 Å². The minimum Gasteiger partial charge on any atom is -0.494 e. The molecule has 0 bridgehead atoms. The highest BCUT2D eigenvalue weighted by Crippen LogP contribution is 2.18. The third kappa shape index (κ3) is 7.14. The number of carbonyl (C=O) groups excluding carboxylic acids is 2. The molecule has 0 saturated heterocycles. The molecule has 2 aromatic rings. The molecule has 0 aliphatic carbocycles. The molecule has 156 valence electrons.